The van der Waals surface area contributed by atoms with Crippen LogP contribution in [0.25, 0.3) is 0 Å². The third-order valence-electron chi connectivity index (χ3n) is 2.86. The average Bonchev–Trinajstić information content (AvgIpc) is 2.44. The van der Waals surface area contributed by atoms with E-state index in [2.05, 4.69) is 5.32 Å². The number of nitrogens with zero attached hydrogens (tertiary/aromatic N) is 1. The van der Waals surface area contributed by atoms with Crippen molar-refractivity contribution in [1.29, 1.82) is 0 Å². The number of nitrogens with one attached hydrogen (secondary N) is 1. The monoisotopic (exact) mass is 356 g/mol. The minimum absolute atomic E-state index is 0. The van der Waals surface area contributed by atoms with E-state index in [0.29, 0.717) is 0 Å². The van der Waals surface area contributed by atoms with Crippen molar-refractivity contribution in [3.05, 3.63) is 29.8 Å². The molecule has 132 valence electrons. The van der Waals surface area contributed by atoms with Gasteiger partial charge in [0.25, 0.3) is 0 Å². The lowest BCUT2D eigenvalue weighted by atomic mass is 10.2. The molecular weight excluding hydrogens is 337 g/mol. The van der Waals surface area contributed by atoms with Crippen LogP contribution in [0.5, 0.6) is 5.75 Å². The van der Waals surface area contributed by atoms with E-state index < -0.39 is 17.8 Å². The SMILES string of the molecule is CNCC(=O)N(C)CC(O)COc1ccccc1C(F)(F)F.Cl. The Kier molecular flexibility index (Phi) is 8.96. The highest BCUT2D eigenvalue weighted by Gasteiger charge is 2.34. The quantitative estimate of drug-likeness (QED) is 0.778. The highest BCUT2D eigenvalue weighted by molar-refractivity contribution is 5.85. The lowest BCUT2D eigenvalue weighted by Crippen LogP contribution is -2.40. The van der Waals surface area contributed by atoms with Gasteiger partial charge >= 0.3 is 6.18 Å². The molecule has 0 radical (unpaired) electrons. The maximum absolute atomic E-state index is 12.8. The standard InChI is InChI=1S/C14H19F3N2O3.ClH/c1-18-7-13(21)19(2)8-10(20)9-22-12-6-4-3-5-11(12)14(15,16)17;/h3-6,10,18,20H,7-9H2,1-2H3;1H. The predicted molar refractivity (Wildman–Crippen MR) is 81.8 cm³/mol. The third kappa shape index (κ3) is 7.06. The fraction of sp³-hybridized carbons (Fsp3) is 0.500. The number of alkyl halides is 3. The van der Waals surface area contributed by atoms with Crippen LogP contribution in [-0.4, -0.2) is 55.8 Å². The molecule has 5 nitrogen and oxygen atoms in total. The number of rotatable bonds is 7. The number of ether oxygens (including phenoxy) is 1. The maximum Gasteiger partial charge on any atom is 0.419 e. The van der Waals surface area contributed by atoms with Crippen molar-refractivity contribution < 1.29 is 27.8 Å². The number of amides is 1. The number of carbonyl (C=O) groups excluding carboxylic acids is 1. The van der Waals surface area contributed by atoms with Crippen LogP contribution in [-0.2, 0) is 11.0 Å². The number of hydrogen-bond acceptors (Lipinski definition) is 4. The summed E-state index contributed by atoms with van der Waals surface area (Å²) in [6.45, 7) is -0.264. The van der Waals surface area contributed by atoms with Gasteiger partial charge in [-0.15, -0.1) is 12.4 Å². The van der Waals surface area contributed by atoms with Gasteiger partial charge in [0.05, 0.1) is 12.1 Å². The highest BCUT2D eigenvalue weighted by atomic mass is 35.5. The minimum atomic E-state index is -4.53. The van der Waals surface area contributed by atoms with E-state index in [4.69, 9.17) is 4.74 Å². The molecular formula is C14H20ClF3N2O3. The lowest BCUT2D eigenvalue weighted by molar-refractivity contribution is -0.139. The topological polar surface area (TPSA) is 61.8 Å². The fourth-order valence-electron chi connectivity index (χ4n) is 1.77. The first-order chi connectivity index (χ1) is 10.3. The van der Waals surface area contributed by atoms with Crippen molar-refractivity contribution in [2.24, 2.45) is 0 Å². The van der Waals surface area contributed by atoms with Gasteiger partial charge in [-0.05, 0) is 19.2 Å². The van der Waals surface area contributed by atoms with Gasteiger partial charge in [0.15, 0.2) is 0 Å². The summed E-state index contributed by atoms with van der Waals surface area (Å²) in [7, 11) is 3.10. The maximum atomic E-state index is 12.8. The zero-order valence-corrected chi connectivity index (χ0v) is 13.6. The van der Waals surface area contributed by atoms with E-state index in [1.165, 1.54) is 30.1 Å². The minimum Gasteiger partial charge on any atom is -0.490 e. The zero-order valence-electron chi connectivity index (χ0n) is 12.8. The van der Waals surface area contributed by atoms with Gasteiger partial charge in [-0.2, -0.15) is 13.2 Å². The van der Waals surface area contributed by atoms with Crippen molar-refractivity contribution in [2.45, 2.75) is 12.3 Å². The summed E-state index contributed by atoms with van der Waals surface area (Å²) in [5, 5.41) is 12.4. The van der Waals surface area contributed by atoms with Gasteiger partial charge in [0.1, 0.15) is 18.5 Å². The summed E-state index contributed by atoms with van der Waals surface area (Å²) in [5.41, 5.74) is -0.901. The van der Waals surface area contributed by atoms with Crippen LogP contribution in [0.2, 0.25) is 0 Å². The Labute approximate surface area is 138 Å². The number of carbonyl (C=O) groups is 1. The molecule has 0 aliphatic carbocycles. The van der Waals surface area contributed by atoms with Crippen molar-refractivity contribution >= 4 is 18.3 Å². The molecule has 0 aliphatic rings. The molecule has 0 heterocycles. The highest BCUT2D eigenvalue weighted by Crippen LogP contribution is 2.35. The van der Waals surface area contributed by atoms with Gasteiger partial charge < -0.3 is 20.1 Å². The number of benzene rings is 1. The number of aliphatic hydroxyl groups excluding tert-OH is 1. The molecule has 1 aromatic carbocycles. The molecule has 0 bridgehead atoms. The van der Waals surface area contributed by atoms with Crippen molar-refractivity contribution in [3.8, 4) is 5.75 Å². The molecule has 0 spiro atoms. The van der Waals surface area contributed by atoms with Gasteiger partial charge in [0.2, 0.25) is 5.91 Å². The molecule has 1 unspecified atom stereocenters. The summed E-state index contributed by atoms with van der Waals surface area (Å²) in [4.78, 5) is 12.8. The Morgan fingerprint density at radius 3 is 2.57 bits per heavy atom. The lowest BCUT2D eigenvalue weighted by Gasteiger charge is -2.21. The van der Waals surface area contributed by atoms with Crippen LogP contribution in [0.4, 0.5) is 13.2 Å². The summed E-state index contributed by atoms with van der Waals surface area (Å²) >= 11 is 0. The largest absolute Gasteiger partial charge is 0.490 e. The summed E-state index contributed by atoms with van der Waals surface area (Å²) < 4.78 is 43.4. The Balaban J connectivity index is 0.00000484. The molecule has 2 N–H and O–H groups in total. The first-order valence-electron chi connectivity index (χ1n) is 6.61. The average molecular weight is 357 g/mol. The number of aliphatic hydroxyl groups is 1. The van der Waals surface area contributed by atoms with Crippen molar-refractivity contribution in [3.63, 3.8) is 0 Å². The first kappa shape index (κ1) is 21.5. The molecule has 0 fully saturated rings. The number of para-hydroxylation sites is 1. The molecule has 0 aromatic heterocycles. The Bertz CT molecular complexity index is 500. The van der Waals surface area contributed by atoms with Crippen molar-refractivity contribution in [2.75, 3.05) is 33.8 Å². The molecule has 23 heavy (non-hydrogen) atoms. The second-order valence-corrected chi connectivity index (χ2v) is 4.76. The van der Waals surface area contributed by atoms with E-state index in [9.17, 15) is 23.1 Å². The summed E-state index contributed by atoms with van der Waals surface area (Å²) in [6, 6.07) is 4.77. The van der Waals surface area contributed by atoms with E-state index in [1.54, 1.807) is 7.05 Å². The first-order valence-corrected chi connectivity index (χ1v) is 6.61. The van der Waals surface area contributed by atoms with Crippen LogP contribution in [0.3, 0.4) is 0 Å². The van der Waals surface area contributed by atoms with E-state index in [0.717, 1.165) is 6.07 Å². The number of halogens is 4. The number of hydrogen-bond donors (Lipinski definition) is 2. The van der Waals surface area contributed by atoms with E-state index in [1.807, 2.05) is 0 Å². The van der Waals surface area contributed by atoms with Crippen LogP contribution in [0.15, 0.2) is 24.3 Å². The van der Waals surface area contributed by atoms with Crippen LogP contribution in [0, 0.1) is 0 Å². The van der Waals surface area contributed by atoms with Gasteiger partial charge in [-0.25, -0.2) is 0 Å². The fourth-order valence-corrected chi connectivity index (χ4v) is 1.77. The predicted octanol–water partition coefficient (Wildman–Crippen LogP) is 1.54. The molecule has 1 amide bonds. The molecule has 1 rings (SSSR count). The molecule has 9 heteroatoms. The second kappa shape index (κ2) is 9.59. The Hall–Kier alpha value is -1.51. The van der Waals surface area contributed by atoms with Gasteiger partial charge in [-0.1, -0.05) is 12.1 Å². The molecule has 0 saturated heterocycles. The van der Waals surface area contributed by atoms with Crippen molar-refractivity contribution in [1.82, 2.24) is 10.2 Å². The molecule has 1 aromatic rings. The van der Waals surface area contributed by atoms with Gasteiger partial charge in [0, 0.05) is 13.6 Å². The second-order valence-electron chi connectivity index (χ2n) is 4.76. The Morgan fingerprint density at radius 2 is 2.00 bits per heavy atom. The van der Waals surface area contributed by atoms with Crippen LogP contribution < -0.4 is 10.1 Å². The molecule has 1 atom stereocenters. The normalized spacial score (nSPS) is 12.3. The molecule has 0 saturated carbocycles. The summed E-state index contributed by atoms with van der Waals surface area (Å²) in [5.74, 6) is -0.588. The number of likely N-dealkylation sites (N-methyl/N-ethyl adjacent to an activating group) is 2. The van der Waals surface area contributed by atoms with Crippen LogP contribution in [0.1, 0.15) is 5.56 Å². The summed E-state index contributed by atoms with van der Waals surface area (Å²) in [6.07, 6.45) is -5.62. The smallest absolute Gasteiger partial charge is 0.419 e. The van der Waals surface area contributed by atoms with E-state index >= 15 is 0 Å². The zero-order chi connectivity index (χ0) is 16.8. The van der Waals surface area contributed by atoms with E-state index in [-0.39, 0.29) is 43.8 Å². The Morgan fingerprint density at radius 1 is 1.39 bits per heavy atom. The molecule has 0 aliphatic heterocycles. The van der Waals surface area contributed by atoms with Gasteiger partial charge in [-0.3, -0.25) is 4.79 Å². The third-order valence-corrected chi connectivity index (χ3v) is 2.86. The van der Waals surface area contributed by atoms with Crippen LogP contribution >= 0.6 is 12.4 Å².